The van der Waals surface area contributed by atoms with Crippen LogP contribution in [0.15, 0.2) is 24.9 Å². The third-order valence-electron chi connectivity index (χ3n) is 2.21. The van der Waals surface area contributed by atoms with Crippen LogP contribution in [0.25, 0.3) is 0 Å². The van der Waals surface area contributed by atoms with E-state index in [2.05, 4.69) is 11.9 Å². The molecule has 92 valence electrons. The fourth-order valence-electron chi connectivity index (χ4n) is 1.37. The van der Waals surface area contributed by atoms with E-state index in [0.29, 0.717) is 10.7 Å². The van der Waals surface area contributed by atoms with Crippen LogP contribution in [0.5, 0.6) is 0 Å². The highest BCUT2D eigenvalue weighted by atomic mass is 35.5. The summed E-state index contributed by atoms with van der Waals surface area (Å²) in [6, 6.07) is 0.498. The fourth-order valence-corrected chi connectivity index (χ4v) is 1.62. The molecule has 0 saturated heterocycles. The summed E-state index contributed by atoms with van der Waals surface area (Å²) in [5.41, 5.74) is 0.310. The lowest BCUT2D eigenvalue weighted by molar-refractivity contribution is -0.139. The molecule has 1 heterocycles. The molecule has 0 fully saturated rings. The average molecular weight is 257 g/mol. The summed E-state index contributed by atoms with van der Waals surface area (Å²) in [5, 5.41) is 11.7. The zero-order valence-electron chi connectivity index (χ0n) is 9.31. The van der Waals surface area contributed by atoms with Gasteiger partial charge in [0.2, 0.25) is 0 Å². The molecule has 6 heteroatoms. The minimum atomic E-state index is -1.10. The molecule has 0 aromatic carbocycles. The van der Waals surface area contributed by atoms with Crippen LogP contribution < -0.4 is 5.32 Å². The summed E-state index contributed by atoms with van der Waals surface area (Å²) in [6.07, 6.45) is 3.18. The summed E-state index contributed by atoms with van der Waals surface area (Å²) >= 11 is 5.74. The van der Waals surface area contributed by atoms with Crippen molar-refractivity contribution in [2.75, 3.05) is 0 Å². The van der Waals surface area contributed by atoms with Crippen LogP contribution in [0, 0.1) is 0 Å². The number of carboxylic acid groups (broad SMARTS) is 1. The van der Waals surface area contributed by atoms with Gasteiger partial charge >= 0.3 is 5.97 Å². The highest BCUT2D eigenvalue weighted by Crippen LogP contribution is 2.12. The molecule has 0 bridgehead atoms. The number of amides is 1. The maximum absolute atomic E-state index is 11.8. The molecule has 1 unspecified atom stereocenters. The highest BCUT2D eigenvalue weighted by molar-refractivity contribution is 6.31. The summed E-state index contributed by atoms with van der Waals surface area (Å²) in [4.78, 5) is 22.6. The van der Waals surface area contributed by atoms with Gasteiger partial charge in [-0.05, 0) is 12.5 Å². The van der Waals surface area contributed by atoms with Gasteiger partial charge in [-0.3, -0.25) is 4.79 Å². The molecule has 5 nitrogen and oxygen atoms in total. The number of nitrogens with one attached hydrogen (secondary N) is 1. The molecule has 2 N–H and O–H groups in total. The zero-order valence-corrected chi connectivity index (χ0v) is 10.1. The number of halogens is 1. The van der Waals surface area contributed by atoms with Gasteiger partial charge in [0.25, 0.3) is 5.91 Å². The summed E-state index contributed by atoms with van der Waals surface area (Å²) < 4.78 is 1.53. The molecular weight excluding hydrogens is 244 g/mol. The summed E-state index contributed by atoms with van der Waals surface area (Å²) in [5.74, 6) is -1.58. The van der Waals surface area contributed by atoms with E-state index in [1.165, 1.54) is 16.7 Å². The molecule has 0 aliphatic rings. The SMILES string of the molecule is C=CCC(NC(=O)c1cc(Cl)cn1C)C(=O)O. The Bertz CT molecular complexity index is 454. The van der Waals surface area contributed by atoms with Crippen LogP contribution in [0.3, 0.4) is 0 Å². The van der Waals surface area contributed by atoms with Gasteiger partial charge < -0.3 is 15.0 Å². The van der Waals surface area contributed by atoms with Gasteiger partial charge in [-0.2, -0.15) is 0 Å². The topological polar surface area (TPSA) is 71.3 Å². The minimum absolute atomic E-state index is 0.166. The molecule has 0 spiro atoms. The van der Waals surface area contributed by atoms with Crippen molar-refractivity contribution < 1.29 is 14.7 Å². The lowest BCUT2D eigenvalue weighted by Gasteiger charge is -2.12. The van der Waals surface area contributed by atoms with Crippen LogP contribution in [-0.4, -0.2) is 27.6 Å². The number of carbonyl (C=O) groups is 2. The Morgan fingerprint density at radius 3 is 2.76 bits per heavy atom. The first-order valence-corrected chi connectivity index (χ1v) is 5.30. The van der Waals surface area contributed by atoms with Crippen molar-refractivity contribution >= 4 is 23.5 Å². The second-order valence-electron chi connectivity index (χ2n) is 3.54. The van der Waals surface area contributed by atoms with Crippen LogP contribution in [0.1, 0.15) is 16.9 Å². The first-order valence-electron chi connectivity index (χ1n) is 4.92. The second kappa shape index (κ2) is 5.54. The van der Waals surface area contributed by atoms with Gasteiger partial charge in [0, 0.05) is 13.2 Å². The molecule has 1 aromatic rings. The van der Waals surface area contributed by atoms with Crippen LogP contribution in [0.2, 0.25) is 5.02 Å². The molecule has 1 rings (SSSR count). The van der Waals surface area contributed by atoms with E-state index < -0.39 is 17.9 Å². The monoisotopic (exact) mass is 256 g/mol. The Morgan fingerprint density at radius 2 is 2.35 bits per heavy atom. The van der Waals surface area contributed by atoms with E-state index >= 15 is 0 Å². The molecule has 17 heavy (non-hydrogen) atoms. The number of carbonyl (C=O) groups excluding carboxylic acids is 1. The molecule has 1 atom stereocenters. The quantitative estimate of drug-likeness (QED) is 0.783. The summed E-state index contributed by atoms with van der Waals surface area (Å²) in [7, 11) is 1.66. The Labute approximate surface area is 104 Å². The Morgan fingerprint density at radius 1 is 1.71 bits per heavy atom. The maximum Gasteiger partial charge on any atom is 0.326 e. The van der Waals surface area contributed by atoms with Crippen molar-refractivity contribution in [1.29, 1.82) is 0 Å². The minimum Gasteiger partial charge on any atom is -0.480 e. The average Bonchev–Trinajstić information content (AvgIpc) is 2.57. The van der Waals surface area contributed by atoms with Crippen LogP contribution in [0.4, 0.5) is 0 Å². The van der Waals surface area contributed by atoms with Gasteiger partial charge in [-0.15, -0.1) is 6.58 Å². The van der Waals surface area contributed by atoms with E-state index in [4.69, 9.17) is 16.7 Å². The first-order chi connectivity index (χ1) is 7.95. The van der Waals surface area contributed by atoms with Crippen molar-refractivity contribution in [3.05, 3.63) is 35.6 Å². The number of hydrogen-bond acceptors (Lipinski definition) is 2. The van der Waals surface area contributed by atoms with Crippen LogP contribution >= 0.6 is 11.6 Å². The third kappa shape index (κ3) is 3.35. The number of rotatable bonds is 5. The zero-order chi connectivity index (χ0) is 13.0. The fraction of sp³-hybridized carbons (Fsp3) is 0.273. The molecule has 0 saturated carbocycles. The molecule has 1 aromatic heterocycles. The third-order valence-corrected chi connectivity index (χ3v) is 2.42. The lowest BCUT2D eigenvalue weighted by atomic mass is 10.2. The smallest absolute Gasteiger partial charge is 0.326 e. The normalized spacial score (nSPS) is 11.9. The summed E-state index contributed by atoms with van der Waals surface area (Å²) in [6.45, 7) is 3.44. The Kier molecular flexibility index (Phi) is 4.34. The Balaban J connectivity index is 2.80. The second-order valence-corrected chi connectivity index (χ2v) is 3.98. The van der Waals surface area contributed by atoms with Crippen molar-refractivity contribution in [2.45, 2.75) is 12.5 Å². The number of hydrogen-bond donors (Lipinski definition) is 2. The largest absolute Gasteiger partial charge is 0.480 e. The van der Waals surface area contributed by atoms with Crippen molar-refractivity contribution in [2.24, 2.45) is 7.05 Å². The van der Waals surface area contributed by atoms with Crippen molar-refractivity contribution in [1.82, 2.24) is 9.88 Å². The number of carboxylic acids is 1. The Hall–Kier alpha value is -1.75. The van der Waals surface area contributed by atoms with Crippen molar-refractivity contribution in [3.8, 4) is 0 Å². The number of aliphatic carboxylic acids is 1. The molecule has 0 aliphatic heterocycles. The first kappa shape index (κ1) is 13.3. The van der Waals surface area contributed by atoms with Gasteiger partial charge in [-0.1, -0.05) is 17.7 Å². The van der Waals surface area contributed by atoms with Gasteiger partial charge in [0.1, 0.15) is 11.7 Å². The molecule has 0 aliphatic carbocycles. The van der Waals surface area contributed by atoms with E-state index in [1.54, 1.807) is 13.2 Å². The van der Waals surface area contributed by atoms with E-state index in [9.17, 15) is 9.59 Å². The number of nitrogens with zero attached hydrogens (tertiary/aromatic N) is 1. The molecule has 0 radical (unpaired) electrons. The maximum atomic E-state index is 11.8. The van der Waals surface area contributed by atoms with E-state index in [0.717, 1.165) is 0 Å². The van der Waals surface area contributed by atoms with Gasteiger partial charge in [0.05, 0.1) is 5.02 Å². The predicted octanol–water partition coefficient (Wildman–Crippen LogP) is 1.44. The van der Waals surface area contributed by atoms with Crippen LogP contribution in [-0.2, 0) is 11.8 Å². The number of aromatic nitrogens is 1. The van der Waals surface area contributed by atoms with Crippen molar-refractivity contribution in [3.63, 3.8) is 0 Å². The molecular formula is C11H13ClN2O3. The van der Waals surface area contributed by atoms with E-state index in [1.807, 2.05) is 0 Å². The lowest BCUT2D eigenvalue weighted by Crippen LogP contribution is -2.41. The highest BCUT2D eigenvalue weighted by Gasteiger charge is 2.20. The van der Waals surface area contributed by atoms with E-state index in [-0.39, 0.29) is 6.42 Å². The number of aryl methyl sites for hydroxylation is 1. The standard InChI is InChI=1S/C11H13ClN2O3/c1-3-4-8(11(16)17)13-10(15)9-5-7(12)6-14(9)2/h3,5-6,8H,1,4H2,2H3,(H,13,15)(H,16,17). The predicted molar refractivity (Wildman–Crippen MR) is 64.1 cm³/mol. The van der Waals surface area contributed by atoms with Gasteiger partial charge in [-0.25, -0.2) is 4.79 Å². The van der Waals surface area contributed by atoms with Gasteiger partial charge in [0.15, 0.2) is 0 Å². The molecule has 1 amide bonds.